The number of rotatable bonds is 6. The topological polar surface area (TPSA) is 42.1 Å². The van der Waals surface area contributed by atoms with Gasteiger partial charge in [0.1, 0.15) is 5.82 Å². The highest BCUT2D eigenvalue weighted by atomic mass is 15.2. The molecule has 0 aliphatic carbocycles. The smallest absolute Gasteiger partial charge is 0.129 e. The SMILES string of the molecule is CC(C)CN(CCCN)c1ccc2ccccc2n1. The van der Waals surface area contributed by atoms with Crippen molar-refractivity contribution in [3.63, 3.8) is 0 Å². The summed E-state index contributed by atoms with van der Waals surface area (Å²) >= 11 is 0. The standard InChI is InChI=1S/C16H23N3/c1-13(2)12-19(11-5-10-17)16-9-8-14-6-3-4-7-15(14)18-16/h3-4,6-9,13H,5,10-12,17H2,1-2H3. The summed E-state index contributed by atoms with van der Waals surface area (Å²) in [6, 6.07) is 12.5. The molecule has 0 aliphatic heterocycles. The third kappa shape index (κ3) is 3.67. The van der Waals surface area contributed by atoms with Gasteiger partial charge in [-0.2, -0.15) is 0 Å². The van der Waals surface area contributed by atoms with Gasteiger partial charge in [-0.3, -0.25) is 0 Å². The zero-order chi connectivity index (χ0) is 13.7. The van der Waals surface area contributed by atoms with Crippen molar-refractivity contribution in [3.8, 4) is 0 Å². The second-order valence-electron chi connectivity index (χ2n) is 5.34. The highest BCUT2D eigenvalue weighted by Gasteiger charge is 2.10. The lowest BCUT2D eigenvalue weighted by molar-refractivity contribution is 0.597. The van der Waals surface area contributed by atoms with Crippen LogP contribution in [0.5, 0.6) is 0 Å². The van der Waals surface area contributed by atoms with Crippen LogP contribution < -0.4 is 10.6 Å². The van der Waals surface area contributed by atoms with Gasteiger partial charge in [-0.25, -0.2) is 4.98 Å². The molecular weight excluding hydrogens is 234 g/mol. The molecule has 102 valence electrons. The van der Waals surface area contributed by atoms with Crippen molar-refractivity contribution in [2.24, 2.45) is 11.7 Å². The Labute approximate surface area is 115 Å². The summed E-state index contributed by atoms with van der Waals surface area (Å²) in [6.45, 7) is 7.18. The van der Waals surface area contributed by atoms with E-state index in [0.29, 0.717) is 5.92 Å². The Morgan fingerprint density at radius 1 is 1.16 bits per heavy atom. The van der Waals surface area contributed by atoms with E-state index >= 15 is 0 Å². The first-order chi connectivity index (χ1) is 9.20. The molecule has 0 spiro atoms. The molecule has 0 atom stereocenters. The largest absolute Gasteiger partial charge is 0.356 e. The molecule has 0 fully saturated rings. The lowest BCUT2D eigenvalue weighted by Gasteiger charge is -2.25. The number of pyridine rings is 1. The third-order valence-electron chi connectivity index (χ3n) is 3.13. The second-order valence-corrected chi connectivity index (χ2v) is 5.34. The zero-order valence-electron chi connectivity index (χ0n) is 11.8. The first-order valence-corrected chi connectivity index (χ1v) is 7.01. The lowest BCUT2D eigenvalue weighted by atomic mass is 10.2. The number of nitrogens with two attached hydrogens (primary N) is 1. The number of hydrogen-bond donors (Lipinski definition) is 1. The van der Waals surface area contributed by atoms with Crippen LogP contribution in [0.1, 0.15) is 20.3 Å². The molecule has 19 heavy (non-hydrogen) atoms. The van der Waals surface area contributed by atoms with Crippen LogP contribution in [0, 0.1) is 5.92 Å². The first-order valence-electron chi connectivity index (χ1n) is 7.01. The van der Waals surface area contributed by atoms with Gasteiger partial charge in [0.15, 0.2) is 0 Å². The molecule has 0 saturated carbocycles. The van der Waals surface area contributed by atoms with Gasteiger partial charge in [-0.15, -0.1) is 0 Å². The van der Waals surface area contributed by atoms with Gasteiger partial charge in [0.2, 0.25) is 0 Å². The van der Waals surface area contributed by atoms with E-state index in [1.807, 2.05) is 12.1 Å². The van der Waals surface area contributed by atoms with Crippen LogP contribution in [-0.4, -0.2) is 24.6 Å². The summed E-state index contributed by atoms with van der Waals surface area (Å²) in [6.07, 6.45) is 1.00. The van der Waals surface area contributed by atoms with Crippen LogP contribution in [0.25, 0.3) is 10.9 Å². The average Bonchev–Trinajstić information content (AvgIpc) is 2.42. The molecule has 2 rings (SSSR count). The van der Waals surface area contributed by atoms with Gasteiger partial charge in [0.05, 0.1) is 5.52 Å². The van der Waals surface area contributed by atoms with Crippen molar-refractivity contribution in [3.05, 3.63) is 36.4 Å². The fourth-order valence-corrected chi connectivity index (χ4v) is 2.25. The Morgan fingerprint density at radius 3 is 2.68 bits per heavy atom. The number of aromatic nitrogens is 1. The maximum Gasteiger partial charge on any atom is 0.129 e. The van der Waals surface area contributed by atoms with Crippen LogP contribution in [0.15, 0.2) is 36.4 Å². The summed E-state index contributed by atoms with van der Waals surface area (Å²) in [5.74, 6) is 1.67. The molecule has 0 saturated heterocycles. The number of hydrogen-bond acceptors (Lipinski definition) is 3. The lowest BCUT2D eigenvalue weighted by Crippen LogP contribution is -2.30. The summed E-state index contributed by atoms with van der Waals surface area (Å²) in [4.78, 5) is 7.10. The average molecular weight is 257 g/mol. The Balaban J connectivity index is 2.26. The van der Waals surface area contributed by atoms with E-state index in [-0.39, 0.29) is 0 Å². The van der Waals surface area contributed by atoms with Crippen molar-refractivity contribution < 1.29 is 0 Å². The maximum absolute atomic E-state index is 5.63. The minimum absolute atomic E-state index is 0.617. The molecule has 0 radical (unpaired) electrons. The van der Waals surface area contributed by atoms with E-state index < -0.39 is 0 Å². The summed E-state index contributed by atoms with van der Waals surface area (Å²) in [5.41, 5.74) is 6.69. The molecule has 1 heterocycles. The number of benzene rings is 1. The molecule has 0 aliphatic rings. The monoisotopic (exact) mass is 257 g/mol. The van der Waals surface area contributed by atoms with Crippen LogP contribution in [-0.2, 0) is 0 Å². The van der Waals surface area contributed by atoms with E-state index in [0.717, 1.165) is 37.4 Å². The van der Waals surface area contributed by atoms with Gasteiger partial charge in [-0.05, 0) is 37.1 Å². The second kappa shape index (κ2) is 6.53. The van der Waals surface area contributed by atoms with Crippen molar-refractivity contribution in [2.45, 2.75) is 20.3 Å². The van der Waals surface area contributed by atoms with Crippen molar-refractivity contribution in [2.75, 3.05) is 24.5 Å². The van der Waals surface area contributed by atoms with Gasteiger partial charge in [-0.1, -0.05) is 32.0 Å². The minimum Gasteiger partial charge on any atom is -0.356 e. The van der Waals surface area contributed by atoms with Gasteiger partial charge < -0.3 is 10.6 Å². The number of nitrogens with zero attached hydrogens (tertiary/aromatic N) is 2. The van der Waals surface area contributed by atoms with Gasteiger partial charge in [0, 0.05) is 18.5 Å². The van der Waals surface area contributed by atoms with E-state index in [2.05, 4.69) is 43.0 Å². The minimum atomic E-state index is 0.617. The maximum atomic E-state index is 5.63. The third-order valence-corrected chi connectivity index (χ3v) is 3.13. The van der Waals surface area contributed by atoms with Crippen molar-refractivity contribution in [1.82, 2.24) is 4.98 Å². The fourth-order valence-electron chi connectivity index (χ4n) is 2.25. The van der Waals surface area contributed by atoms with Crippen LogP contribution in [0.2, 0.25) is 0 Å². The molecule has 1 aromatic heterocycles. The highest BCUT2D eigenvalue weighted by Crippen LogP contribution is 2.19. The predicted molar refractivity (Wildman–Crippen MR) is 82.5 cm³/mol. The molecule has 2 N–H and O–H groups in total. The fraction of sp³-hybridized carbons (Fsp3) is 0.438. The predicted octanol–water partition coefficient (Wildman–Crippen LogP) is 3.05. The Hall–Kier alpha value is -1.61. The van der Waals surface area contributed by atoms with Crippen LogP contribution >= 0.6 is 0 Å². The van der Waals surface area contributed by atoms with E-state index in [9.17, 15) is 0 Å². The molecule has 3 heteroatoms. The Kier molecular flexibility index (Phi) is 4.74. The van der Waals surface area contributed by atoms with Crippen molar-refractivity contribution in [1.29, 1.82) is 0 Å². The van der Waals surface area contributed by atoms with Crippen LogP contribution in [0.4, 0.5) is 5.82 Å². The molecule has 0 unspecified atom stereocenters. The molecule has 1 aromatic carbocycles. The van der Waals surface area contributed by atoms with Crippen LogP contribution in [0.3, 0.4) is 0 Å². The quantitative estimate of drug-likeness (QED) is 0.865. The molecule has 3 nitrogen and oxygen atoms in total. The molecule has 2 aromatic rings. The van der Waals surface area contributed by atoms with E-state index in [1.165, 1.54) is 5.39 Å². The van der Waals surface area contributed by atoms with Gasteiger partial charge >= 0.3 is 0 Å². The van der Waals surface area contributed by atoms with E-state index in [1.54, 1.807) is 0 Å². The zero-order valence-corrected chi connectivity index (χ0v) is 11.8. The Morgan fingerprint density at radius 2 is 1.95 bits per heavy atom. The number of fused-ring (bicyclic) bond motifs is 1. The number of anilines is 1. The highest BCUT2D eigenvalue weighted by molar-refractivity contribution is 5.80. The Bertz CT molecular complexity index is 522. The molecule has 0 bridgehead atoms. The molecule has 0 amide bonds. The summed E-state index contributed by atoms with van der Waals surface area (Å²) < 4.78 is 0. The normalized spacial score (nSPS) is 11.2. The summed E-state index contributed by atoms with van der Waals surface area (Å²) in [5, 5.41) is 1.19. The van der Waals surface area contributed by atoms with Gasteiger partial charge in [0.25, 0.3) is 0 Å². The van der Waals surface area contributed by atoms with E-state index in [4.69, 9.17) is 10.7 Å². The molecular formula is C16H23N3. The first kappa shape index (κ1) is 13.8. The van der Waals surface area contributed by atoms with Crippen molar-refractivity contribution >= 4 is 16.7 Å². The summed E-state index contributed by atoms with van der Waals surface area (Å²) in [7, 11) is 0. The number of para-hydroxylation sites is 1.